The van der Waals surface area contributed by atoms with Gasteiger partial charge in [-0.1, -0.05) is 30.3 Å². The van der Waals surface area contributed by atoms with Crippen LogP contribution < -0.4 is 0 Å². The fraction of sp³-hybridized carbons (Fsp3) is 0.308. The first-order valence-corrected chi connectivity index (χ1v) is 5.61. The van der Waals surface area contributed by atoms with Crippen LogP contribution in [-0.4, -0.2) is 22.6 Å². The van der Waals surface area contributed by atoms with Gasteiger partial charge in [0, 0.05) is 19.3 Å². The van der Waals surface area contributed by atoms with E-state index in [1.54, 1.807) is 0 Å². The van der Waals surface area contributed by atoms with Crippen LogP contribution in [0.15, 0.2) is 30.3 Å². The highest BCUT2D eigenvalue weighted by molar-refractivity contribution is 6.14. The van der Waals surface area contributed by atoms with Gasteiger partial charge in [0.15, 0.2) is 0 Å². The SMILES string of the molecule is O=C1CCC(=O)N1C(=O)CCc1ccccc1. The van der Waals surface area contributed by atoms with Crippen molar-refractivity contribution in [1.29, 1.82) is 0 Å². The van der Waals surface area contributed by atoms with Gasteiger partial charge >= 0.3 is 0 Å². The molecule has 4 heteroatoms. The van der Waals surface area contributed by atoms with Gasteiger partial charge in [-0.05, 0) is 12.0 Å². The van der Waals surface area contributed by atoms with Crippen molar-refractivity contribution in [2.24, 2.45) is 0 Å². The summed E-state index contributed by atoms with van der Waals surface area (Å²) in [5.74, 6) is -1.12. The molecule has 1 saturated heterocycles. The molecule has 0 radical (unpaired) electrons. The predicted molar refractivity (Wildman–Crippen MR) is 60.9 cm³/mol. The lowest BCUT2D eigenvalue weighted by Gasteiger charge is -2.11. The summed E-state index contributed by atoms with van der Waals surface area (Å²) in [6.45, 7) is 0. The molecule has 17 heavy (non-hydrogen) atoms. The maximum absolute atomic E-state index is 11.7. The molecule has 0 atom stereocenters. The fourth-order valence-electron chi connectivity index (χ4n) is 1.86. The molecule has 1 aliphatic rings. The summed E-state index contributed by atoms with van der Waals surface area (Å²) in [6.07, 6.45) is 1.07. The molecule has 0 bridgehead atoms. The first-order chi connectivity index (χ1) is 8.18. The van der Waals surface area contributed by atoms with E-state index in [4.69, 9.17) is 0 Å². The lowest BCUT2D eigenvalue weighted by Crippen LogP contribution is -2.35. The average Bonchev–Trinajstić information content (AvgIpc) is 2.67. The number of carbonyl (C=O) groups is 3. The second-order valence-electron chi connectivity index (χ2n) is 4.00. The summed E-state index contributed by atoms with van der Waals surface area (Å²) in [7, 11) is 0. The van der Waals surface area contributed by atoms with E-state index in [1.807, 2.05) is 30.3 Å². The third-order valence-electron chi connectivity index (χ3n) is 2.77. The molecule has 1 aliphatic heterocycles. The first-order valence-electron chi connectivity index (χ1n) is 5.61. The van der Waals surface area contributed by atoms with Crippen molar-refractivity contribution in [2.45, 2.75) is 25.7 Å². The Morgan fingerprint density at radius 1 is 1.06 bits per heavy atom. The van der Waals surface area contributed by atoms with Gasteiger partial charge in [-0.25, -0.2) is 4.90 Å². The summed E-state index contributed by atoms with van der Waals surface area (Å²) in [5, 5.41) is 0. The molecule has 1 fully saturated rings. The lowest BCUT2D eigenvalue weighted by atomic mass is 10.1. The summed E-state index contributed by atoms with van der Waals surface area (Å²) in [4.78, 5) is 35.2. The summed E-state index contributed by atoms with van der Waals surface area (Å²) in [6, 6.07) is 9.53. The number of aryl methyl sites for hydroxylation is 1. The average molecular weight is 231 g/mol. The summed E-state index contributed by atoms with van der Waals surface area (Å²) < 4.78 is 0. The summed E-state index contributed by atoms with van der Waals surface area (Å²) >= 11 is 0. The molecule has 0 unspecified atom stereocenters. The molecule has 0 N–H and O–H groups in total. The van der Waals surface area contributed by atoms with Gasteiger partial charge in [0.2, 0.25) is 17.7 Å². The Hall–Kier alpha value is -1.97. The number of imide groups is 3. The molecule has 0 aromatic heterocycles. The molecule has 88 valence electrons. The van der Waals surface area contributed by atoms with Crippen LogP contribution >= 0.6 is 0 Å². The lowest BCUT2D eigenvalue weighted by molar-refractivity contribution is -0.149. The number of rotatable bonds is 3. The van der Waals surface area contributed by atoms with Gasteiger partial charge in [-0.2, -0.15) is 0 Å². The van der Waals surface area contributed by atoms with Gasteiger partial charge in [0.25, 0.3) is 0 Å². The van der Waals surface area contributed by atoms with E-state index >= 15 is 0 Å². The molecule has 0 saturated carbocycles. The molecule has 0 aliphatic carbocycles. The minimum atomic E-state index is -0.388. The maximum atomic E-state index is 11.7. The van der Waals surface area contributed by atoms with E-state index in [0.717, 1.165) is 10.5 Å². The number of benzene rings is 1. The van der Waals surface area contributed by atoms with Crippen molar-refractivity contribution in [1.82, 2.24) is 4.90 Å². The van der Waals surface area contributed by atoms with Crippen molar-refractivity contribution in [3.8, 4) is 0 Å². The summed E-state index contributed by atoms with van der Waals surface area (Å²) in [5.41, 5.74) is 1.03. The Bertz CT molecular complexity index is 437. The van der Waals surface area contributed by atoms with Gasteiger partial charge < -0.3 is 0 Å². The minimum Gasteiger partial charge on any atom is -0.274 e. The Balaban J connectivity index is 1.94. The van der Waals surface area contributed by atoms with Crippen LogP contribution in [-0.2, 0) is 20.8 Å². The van der Waals surface area contributed by atoms with E-state index < -0.39 is 0 Å². The van der Waals surface area contributed by atoms with Gasteiger partial charge in [0.1, 0.15) is 0 Å². The number of likely N-dealkylation sites (tertiary alicyclic amines) is 1. The Morgan fingerprint density at radius 2 is 1.65 bits per heavy atom. The van der Waals surface area contributed by atoms with E-state index in [2.05, 4.69) is 0 Å². The number of amides is 3. The van der Waals surface area contributed by atoms with Crippen LogP contribution in [0.2, 0.25) is 0 Å². The van der Waals surface area contributed by atoms with E-state index in [0.29, 0.717) is 6.42 Å². The predicted octanol–water partition coefficient (Wildman–Crippen LogP) is 1.29. The highest BCUT2D eigenvalue weighted by Gasteiger charge is 2.33. The number of carbonyl (C=O) groups excluding carboxylic acids is 3. The molecular weight excluding hydrogens is 218 g/mol. The third-order valence-corrected chi connectivity index (χ3v) is 2.77. The van der Waals surface area contributed by atoms with Gasteiger partial charge in [0.05, 0.1) is 0 Å². The standard InChI is InChI=1S/C13H13NO3/c15-11(14-12(16)8-9-13(14)17)7-6-10-4-2-1-3-5-10/h1-5H,6-9H2. The molecule has 1 aromatic carbocycles. The number of nitrogens with zero attached hydrogens (tertiary/aromatic N) is 1. The van der Waals surface area contributed by atoms with Crippen molar-refractivity contribution in [3.63, 3.8) is 0 Å². The molecular formula is C13H13NO3. The van der Waals surface area contributed by atoms with E-state index in [1.165, 1.54) is 0 Å². The zero-order valence-corrected chi connectivity index (χ0v) is 9.39. The second-order valence-corrected chi connectivity index (χ2v) is 4.00. The van der Waals surface area contributed by atoms with Crippen molar-refractivity contribution >= 4 is 17.7 Å². The second kappa shape index (κ2) is 4.91. The minimum absolute atomic E-state index is 0.163. The smallest absolute Gasteiger partial charge is 0.236 e. The van der Waals surface area contributed by atoms with Gasteiger partial charge in [-0.15, -0.1) is 0 Å². The van der Waals surface area contributed by atoms with E-state index in [9.17, 15) is 14.4 Å². The fourth-order valence-corrected chi connectivity index (χ4v) is 1.86. The first kappa shape index (κ1) is 11.5. The van der Waals surface area contributed by atoms with Crippen LogP contribution in [0, 0.1) is 0 Å². The molecule has 1 heterocycles. The highest BCUT2D eigenvalue weighted by Crippen LogP contribution is 2.14. The van der Waals surface area contributed by atoms with Crippen LogP contribution in [0.4, 0.5) is 0 Å². The van der Waals surface area contributed by atoms with Crippen LogP contribution in [0.25, 0.3) is 0 Å². The Labute approximate surface area is 99.2 Å². The molecule has 3 amide bonds. The Kier molecular flexibility index (Phi) is 3.32. The van der Waals surface area contributed by atoms with Crippen molar-refractivity contribution < 1.29 is 14.4 Å². The molecule has 2 rings (SSSR count). The quantitative estimate of drug-likeness (QED) is 0.737. The van der Waals surface area contributed by atoms with Crippen LogP contribution in [0.1, 0.15) is 24.8 Å². The Morgan fingerprint density at radius 3 is 2.24 bits per heavy atom. The number of hydrogen-bond donors (Lipinski definition) is 0. The normalized spacial score (nSPS) is 15.4. The third kappa shape index (κ3) is 2.58. The molecule has 0 spiro atoms. The topological polar surface area (TPSA) is 54.5 Å². The van der Waals surface area contributed by atoms with Crippen LogP contribution in [0.3, 0.4) is 0 Å². The van der Waals surface area contributed by atoms with Crippen molar-refractivity contribution in [2.75, 3.05) is 0 Å². The maximum Gasteiger partial charge on any atom is 0.236 e. The van der Waals surface area contributed by atoms with E-state index in [-0.39, 0.29) is 37.0 Å². The number of hydrogen-bond acceptors (Lipinski definition) is 3. The van der Waals surface area contributed by atoms with Gasteiger partial charge in [-0.3, -0.25) is 14.4 Å². The van der Waals surface area contributed by atoms with Crippen molar-refractivity contribution in [3.05, 3.63) is 35.9 Å². The monoisotopic (exact) mass is 231 g/mol. The molecule has 1 aromatic rings. The molecule has 4 nitrogen and oxygen atoms in total. The van der Waals surface area contributed by atoms with Crippen LogP contribution in [0.5, 0.6) is 0 Å². The zero-order valence-electron chi connectivity index (χ0n) is 9.39. The highest BCUT2D eigenvalue weighted by atomic mass is 16.2. The largest absolute Gasteiger partial charge is 0.274 e. The zero-order chi connectivity index (χ0) is 12.3.